The first-order valence-electron chi connectivity index (χ1n) is 6.58. The van der Waals surface area contributed by atoms with E-state index in [0.29, 0.717) is 5.92 Å². The van der Waals surface area contributed by atoms with Crippen molar-refractivity contribution in [1.82, 2.24) is 4.98 Å². The third-order valence-electron chi connectivity index (χ3n) is 4.11. The molecule has 98 valence electrons. The fraction of sp³-hybridized carbons (Fsp3) is 0.643. The van der Waals surface area contributed by atoms with Crippen LogP contribution in [-0.2, 0) is 9.47 Å². The van der Waals surface area contributed by atoms with Crippen LogP contribution in [0.3, 0.4) is 0 Å². The Bertz CT molecular complexity index is 413. The summed E-state index contributed by atoms with van der Waals surface area (Å²) in [5.74, 6) is 0.390. The molecule has 2 heterocycles. The summed E-state index contributed by atoms with van der Waals surface area (Å²) in [6.45, 7) is 3.68. The Morgan fingerprint density at radius 3 is 2.50 bits per heavy atom. The Labute approximate surface area is 121 Å². The smallest absolute Gasteiger partial charge is 0.168 e. The predicted molar refractivity (Wildman–Crippen MR) is 77.5 cm³/mol. The van der Waals surface area contributed by atoms with E-state index in [2.05, 4.69) is 34.5 Å². The van der Waals surface area contributed by atoms with Gasteiger partial charge in [0.2, 0.25) is 0 Å². The normalized spacial score (nSPS) is 23.7. The van der Waals surface area contributed by atoms with Crippen LogP contribution in [0.1, 0.15) is 42.7 Å². The number of aryl methyl sites for hydroxylation is 1. The molecule has 3 rings (SSSR count). The maximum Gasteiger partial charge on any atom is 0.168 e. The molecule has 1 aromatic heterocycles. The van der Waals surface area contributed by atoms with Crippen molar-refractivity contribution in [2.24, 2.45) is 0 Å². The van der Waals surface area contributed by atoms with Crippen LogP contribution >= 0.6 is 22.6 Å². The van der Waals surface area contributed by atoms with Gasteiger partial charge in [-0.05, 0) is 59.4 Å². The fourth-order valence-electron chi connectivity index (χ4n) is 3.19. The van der Waals surface area contributed by atoms with Gasteiger partial charge in [-0.1, -0.05) is 0 Å². The van der Waals surface area contributed by atoms with E-state index < -0.39 is 0 Å². The van der Waals surface area contributed by atoms with E-state index in [1.807, 2.05) is 12.4 Å². The average molecular weight is 359 g/mol. The number of hydrogen-bond acceptors (Lipinski definition) is 3. The number of pyridine rings is 1. The Kier molecular flexibility index (Phi) is 3.60. The standard InChI is InChI=1S/C14H18INO2/c1-10-8-16-9-12(15)13(10)11-2-4-14(5-3-11)17-6-7-18-14/h8-9,11H,2-7H2,1H3. The van der Waals surface area contributed by atoms with Crippen LogP contribution in [0.4, 0.5) is 0 Å². The molecule has 1 aliphatic heterocycles. The van der Waals surface area contributed by atoms with Gasteiger partial charge in [0.05, 0.1) is 13.2 Å². The number of rotatable bonds is 1. The van der Waals surface area contributed by atoms with Gasteiger partial charge in [0.15, 0.2) is 5.79 Å². The predicted octanol–water partition coefficient (Wildman–Crippen LogP) is 3.40. The van der Waals surface area contributed by atoms with Gasteiger partial charge in [-0.15, -0.1) is 0 Å². The molecule has 0 unspecified atom stereocenters. The number of aromatic nitrogens is 1. The fourth-order valence-corrected chi connectivity index (χ4v) is 4.22. The van der Waals surface area contributed by atoms with E-state index in [1.165, 1.54) is 14.7 Å². The van der Waals surface area contributed by atoms with Crippen molar-refractivity contribution >= 4 is 22.6 Å². The number of nitrogens with zero attached hydrogens (tertiary/aromatic N) is 1. The van der Waals surface area contributed by atoms with E-state index in [9.17, 15) is 0 Å². The van der Waals surface area contributed by atoms with Gasteiger partial charge in [0.1, 0.15) is 0 Å². The van der Waals surface area contributed by atoms with Crippen LogP contribution in [0.2, 0.25) is 0 Å². The molecular formula is C14H18INO2. The van der Waals surface area contributed by atoms with Crippen LogP contribution < -0.4 is 0 Å². The van der Waals surface area contributed by atoms with E-state index >= 15 is 0 Å². The first kappa shape index (κ1) is 12.8. The molecule has 1 aliphatic carbocycles. The summed E-state index contributed by atoms with van der Waals surface area (Å²) in [7, 11) is 0. The van der Waals surface area contributed by atoms with Crippen LogP contribution in [0.25, 0.3) is 0 Å². The molecule has 0 bridgehead atoms. The zero-order chi connectivity index (χ0) is 12.6. The van der Waals surface area contributed by atoms with Crippen molar-refractivity contribution in [1.29, 1.82) is 0 Å². The zero-order valence-electron chi connectivity index (χ0n) is 10.6. The highest BCUT2D eigenvalue weighted by Crippen LogP contribution is 2.43. The van der Waals surface area contributed by atoms with Gasteiger partial charge in [-0.25, -0.2) is 0 Å². The summed E-state index contributed by atoms with van der Waals surface area (Å²) < 4.78 is 12.9. The lowest BCUT2D eigenvalue weighted by molar-refractivity contribution is -0.178. The lowest BCUT2D eigenvalue weighted by atomic mass is 9.80. The first-order chi connectivity index (χ1) is 8.70. The molecular weight excluding hydrogens is 341 g/mol. The van der Waals surface area contributed by atoms with Crippen LogP contribution in [0.5, 0.6) is 0 Å². The van der Waals surface area contributed by atoms with Gasteiger partial charge in [0, 0.05) is 28.8 Å². The quantitative estimate of drug-likeness (QED) is 0.721. The van der Waals surface area contributed by atoms with Crippen molar-refractivity contribution in [3.8, 4) is 0 Å². The lowest BCUT2D eigenvalue weighted by Crippen LogP contribution is -2.34. The third kappa shape index (κ3) is 2.30. The minimum Gasteiger partial charge on any atom is -0.348 e. The SMILES string of the molecule is Cc1cncc(I)c1C1CCC2(CC1)OCCO2. The largest absolute Gasteiger partial charge is 0.348 e. The molecule has 1 spiro atoms. The molecule has 0 aromatic carbocycles. The van der Waals surface area contributed by atoms with Crippen molar-refractivity contribution in [2.45, 2.75) is 44.3 Å². The second-order valence-corrected chi connectivity index (χ2v) is 6.40. The van der Waals surface area contributed by atoms with Crippen LogP contribution in [0.15, 0.2) is 12.4 Å². The topological polar surface area (TPSA) is 31.4 Å². The van der Waals surface area contributed by atoms with Crippen molar-refractivity contribution in [2.75, 3.05) is 13.2 Å². The summed E-state index contributed by atoms with van der Waals surface area (Å²) in [6, 6.07) is 0. The van der Waals surface area contributed by atoms with E-state index in [0.717, 1.165) is 38.9 Å². The molecule has 2 fully saturated rings. The maximum absolute atomic E-state index is 5.79. The van der Waals surface area contributed by atoms with E-state index in [-0.39, 0.29) is 5.79 Å². The van der Waals surface area contributed by atoms with Gasteiger partial charge < -0.3 is 9.47 Å². The first-order valence-corrected chi connectivity index (χ1v) is 7.66. The van der Waals surface area contributed by atoms with Crippen molar-refractivity contribution < 1.29 is 9.47 Å². The number of halogens is 1. The lowest BCUT2D eigenvalue weighted by Gasteiger charge is -2.36. The van der Waals surface area contributed by atoms with Crippen molar-refractivity contribution in [3.05, 3.63) is 27.1 Å². The molecule has 0 atom stereocenters. The molecule has 1 saturated carbocycles. The maximum atomic E-state index is 5.79. The van der Waals surface area contributed by atoms with Gasteiger partial charge in [0.25, 0.3) is 0 Å². The van der Waals surface area contributed by atoms with Crippen LogP contribution in [0, 0.1) is 10.5 Å². The number of ether oxygens (including phenoxy) is 2. The Hall–Kier alpha value is -0.200. The molecule has 0 amide bonds. The molecule has 4 heteroatoms. The summed E-state index contributed by atoms with van der Waals surface area (Å²) in [4.78, 5) is 4.25. The summed E-state index contributed by atoms with van der Waals surface area (Å²) in [6.07, 6.45) is 8.30. The molecule has 0 radical (unpaired) electrons. The monoisotopic (exact) mass is 359 g/mol. The average Bonchev–Trinajstić information content (AvgIpc) is 2.80. The minimum absolute atomic E-state index is 0.247. The van der Waals surface area contributed by atoms with Gasteiger partial charge in [-0.3, -0.25) is 4.98 Å². The van der Waals surface area contributed by atoms with Crippen LogP contribution in [-0.4, -0.2) is 24.0 Å². The molecule has 3 nitrogen and oxygen atoms in total. The summed E-state index contributed by atoms with van der Waals surface area (Å²) in [5, 5.41) is 0. The molecule has 2 aliphatic rings. The molecule has 0 N–H and O–H groups in total. The molecule has 1 saturated heterocycles. The number of hydrogen-bond donors (Lipinski definition) is 0. The molecule has 18 heavy (non-hydrogen) atoms. The Morgan fingerprint density at radius 2 is 1.89 bits per heavy atom. The Morgan fingerprint density at radius 1 is 1.22 bits per heavy atom. The van der Waals surface area contributed by atoms with Crippen molar-refractivity contribution in [3.63, 3.8) is 0 Å². The summed E-state index contributed by atoms with van der Waals surface area (Å²) in [5.41, 5.74) is 2.80. The van der Waals surface area contributed by atoms with Gasteiger partial charge >= 0.3 is 0 Å². The van der Waals surface area contributed by atoms with Gasteiger partial charge in [-0.2, -0.15) is 0 Å². The second-order valence-electron chi connectivity index (χ2n) is 5.23. The van der Waals surface area contributed by atoms with E-state index in [1.54, 1.807) is 0 Å². The Balaban J connectivity index is 1.76. The molecule has 1 aromatic rings. The highest BCUT2D eigenvalue weighted by atomic mass is 127. The minimum atomic E-state index is -0.247. The zero-order valence-corrected chi connectivity index (χ0v) is 12.8. The second kappa shape index (κ2) is 5.06. The summed E-state index contributed by atoms with van der Waals surface area (Å²) >= 11 is 2.40. The third-order valence-corrected chi connectivity index (χ3v) is 4.97. The highest BCUT2D eigenvalue weighted by Gasteiger charge is 2.41. The van der Waals surface area contributed by atoms with E-state index in [4.69, 9.17) is 9.47 Å². The highest BCUT2D eigenvalue weighted by molar-refractivity contribution is 14.1.